The predicted molar refractivity (Wildman–Crippen MR) is 89.4 cm³/mol. The molecule has 2 aromatic rings. The molecule has 0 saturated carbocycles. The van der Waals surface area contributed by atoms with Gasteiger partial charge in [-0.25, -0.2) is 0 Å². The first kappa shape index (κ1) is 14.9. The fourth-order valence-electron chi connectivity index (χ4n) is 2.64. The van der Waals surface area contributed by atoms with E-state index < -0.39 is 0 Å². The lowest BCUT2D eigenvalue weighted by atomic mass is 10.1. The molecule has 3 nitrogen and oxygen atoms in total. The van der Waals surface area contributed by atoms with E-state index in [9.17, 15) is 0 Å². The summed E-state index contributed by atoms with van der Waals surface area (Å²) in [6.07, 6.45) is 2.52. The Labute approximate surface area is 132 Å². The predicted octanol–water partition coefficient (Wildman–Crippen LogP) is 4.16. The molecular formula is C19H23NO2. The SMILES string of the molecule is Cc1ccccc1CNc1ccc(OCC2CCCO2)cc1. The highest BCUT2D eigenvalue weighted by Crippen LogP contribution is 2.19. The van der Waals surface area contributed by atoms with Crippen LogP contribution in [0.25, 0.3) is 0 Å². The summed E-state index contributed by atoms with van der Waals surface area (Å²) in [6.45, 7) is 4.49. The second-order valence-corrected chi connectivity index (χ2v) is 5.75. The van der Waals surface area contributed by atoms with Crippen LogP contribution in [0.15, 0.2) is 48.5 Å². The van der Waals surface area contributed by atoms with E-state index in [-0.39, 0.29) is 6.10 Å². The lowest BCUT2D eigenvalue weighted by Crippen LogP contribution is -2.16. The van der Waals surface area contributed by atoms with Gasteiger partial charge in [0, 0.05) is 18.8 Å². The van der Waals surface area contributed by atoms with Crippen molar-refractivity contribution >= 4 is 5.69 Å². The van der Waals surface area contributed by atoms with Gasteiger partial charge in [-0.1, -0.05) is 24.3 Å². The Bertz CT molecular complexity index is 589. The van der Waals surface area contributed by atoms with E-state index in [0.717, 1.165) is 37.4 Å². The zero-order chi connectivity index (χ0) is 15.2. The molecule has 1 N–H and O–H groups in total. The standard InChI is InChI=1S/C19H23NO2/c1-15-5-2-3-6-16(15)13-20-17-8-10-18(11-9-17)22-14-19-7-4-12-21-19/h2-3,5-6,8-11,19-20H,4,7,12-14H2,1H3. The van der Waals surface area contributed by atoms with Crippen LogP contribution in [0.5, 0.6) is 5.75 Å². The molecule has 3 heteroatoms. The quantitative estimate of drug-likeness (QED) is 0.868. The van der Waals surface area contributed by atoms with Crippen LogP contribution in [0, 0.1) is 6.92 Å². The van der Waals surface area contributed by atoms with Gasteiger partial charge >= 0.3 is 0 Å². The van der Waals surface area contributed by atoms with Crippen LogP contribution in [0.1, 0.15) is 24.0 Å². The Morgan fingerprint density at radius 1 is 1.14 bits per heavy atom. The number of nitrogens with one attached hydrogen (secondary N) is 1. The van der Waals surface area contributed by atoms with Gasteiger partial charge in [-0.15, -0.1) is 0 Å². The smallest absolute Gasteiger partial charge is 0.119 e. The van der Waals surface area contributed by atoms with E-state index in [4.69, 9.17) is 9.47 Å². The second kappa shape index (κ2) is 7.32. The minimum Gasteiger partial charge on any atom is -0.491 e. The third-order valence-corrected chi connectivity index (χ3v) is 4.06. The maximum atomic E-state index is 5.77. The van der Waals surface area contributed by atoms with E-state index in [1.54, 1.807) is 0 Å². The summed E-state index contributed by atoms with van der Waals surface area (Å²) in [5.74, 6) is 0.900. The Morgan fingerprint density at radius 2 is 1.95 bits per heavy atom. The minimum atomic E-state index is 0.263. The highest BCUT2D eigenvalue weighted by atomic mass is 16.5. The minimum absolute atomic E-state index is 0.263. The van der Waals surface area contributed by atoms with Crippen LogP contribution in [-0.2, 0) is 11.3 Å². The molecule has 116 valence electrons. The molecule has 0 amide bonds. The van der Waals surface area contributed by atoms with Gasteiger partial charge < -0.3 is 14.8 Å². The largest absolute Gasteiger partial charge is 0.491 e. The molecule has 0 spiro atoms. The summed E-state index contributed by atoms with van der Waals surface area (Å²) in [4.78, 5) is 0. The number of ether oxygens (including phenoxy) is 2. The molecule has 3 rings (SSSR count). The van der Waals surface area contributed by atoms with Crippen molar-refractivity contribution in [1.82, 2.24) is 0 Å². The summed E-state index contributed by atoms with van der Waals surface area (Å²) < 4.78 is 11.3. The van der Waals surface area contributed by atoms with E-state index in [0.29, 0.717) is 6.61 Å². The number of benzene rings is 2. The molecule has 0 radical (unpaired) electrons. The fraction of sp³-hybridized carbons (Fsp3) is 0.368. The van der Waals surface area contributed by atoms with Crippen molar-refractivity contribution in [2.45, 2.75) is 32.4 Å². The van der Waals surface area contributed by atoms with E-state index in [1.165, 1.54) is 11.1 Å². The van der Waals surface area contributed by atoms with Crippen LogP contribution < -0.4 is 10.1 Å². The molecule has 0 bridgehead atoms. The summed E-state index contributed by atoms with van der Waals surface area (Å²) >= 11 is 0. The van der Waals surface area contributed by atoms with Crippen LogP contribution >= 0.6 is 0 Å². The lowest BCUT2D eigenvalue weighted by molar-refractivity contribution is 0.0679. The van der Waals surface area contributed by atoms with Crippen LogP contribution in [0.2, 0.25) is 0 Å². The Hall–Kier alpha value is -2.00. The topological polar surface area (TPSA) is 30.5 Å². The second-order valence-electron chi connectivity index (χ2n) is 5.75. The van der Waals surface area contributed by atoms with E-state index in [2.05, 4.69) is 48.6 Å². The maximum Gasteiger partial charge on any atom is 0.119 e. The highest BCUT2D eigenvalue weighted by Gasteiger charge is 2.15. The molecule has 0 aliphatic carbocycles. The highest BCUT2D eigenvalue weighted by molar-refractivity contribution is 5.47. The Morgan fingerprint density at radius 3 is 2.68 bits per heavy atom. The summed E-state index contributed by atoms with van der Waals surface area (Å²) in [7, 11) is 0. The molecule has 1 saturated heterocycles. The number of anilines is 1. The van der Waals surface area contributed by atoms with Gasteiger partial charge in [0.05, 0.1) is 6.10 Å². The lowest BCUT2D eigenvalue weighted by Gasteiger charge is -2.12. The van der Waals surface area contributed by atoms with Crippen molar-refractivity contribution in [3.8, 4) is 5.75 Å². The molecule has 1 unspecified atom stereocenters. The molecule has 1 aliphatic rings. The van der Waals surface area contributed by atoms with Gasteiger partial charge in [0.15, 0.2) is 0 Å². The first-order chi connectivity index (χ1) is 10.8. The first-order valence-corrected chi connectivity index (χ1v) is 7.94. The Balaban J connectivity index is 1.49. The van der Waals surface area contributed by atoms with Gasteiger partial charge in [0.1, 0.15) is 12.4 Å². The van der Waals surface area contributed by atoms with Gasteiger partial charge in [0.25, 0.3) is 0 Å². The maximum absolute atomic E-state index is 5.77. The molecule has 22 heavy (non-hydrogen) atoms. The summed E-state index contributed by atoms with van der Waals surface area (Å²) in [5.41, 5.74) is 3.74. The van der Waals surface area contributed by atoms with Crippen LogP contribution in [0.4, 0.5) is 5.69 Å². The zero-order valence-electron chi connectivity index (χ0n) is 13.0. The molecule has 1 aliphatic heterocycles. The van der Waals surface area contributed by atoms with Crippen molar-refractivity contribution in [2.75, 3.05) is 18.5 Å². The average molecular weight is 297 g/mol. The number of aryl methyl sites for hydroxylation is 1. The van der Waals surface area contributed by atoms with E-state index >= 15 is 0 Å². The molecule has 1 fully saturated rings. The van der Waals surface area contributed by atoms with Crippen molar-refractivity contribution < 1.29 is 9.47 Å². The normalized spacial score (nSPS) is 17.4. The van der Waals surface area contributed by atoms with Crippen LogP contribution in [0.3, 0.4) is 0 Å². The van der Waals surface area contributed by atoms with Crippen molar-refractivity contribution in [3.63, 3.8) is 0 Å². The van der Waals surface area contributed by atoms with Gasteiger partial charge in [-0.2, -0.15) is 0 Å². The number of hydrogen-bond acceptors (Lipinski definition) is 3. The van der Waals surface area contributed by atoms with Gasteiger partial charge in [-0.05, 0) is 55.2 Å². The Kier molecular flexibility index (Phi) is 4.96. The van der Waals surface area contributed by atoms with E-state index in [1.807, 2.05) is 12.1 Å². The molecule has 2 aromatic carbocycles. The van der Waals surface area contributed by atoms with Gasteiger partial charge in [-0.3, -0.25) is 0 Å². The third kappa shape index (κ3) is 4.01. The van der Waals surface area contributed by atoms with Crippen LogP contribution in [-0.4, -0.2) is 19.3 Å². The fourth-order valence-corrected chi connectivity index (χ4v) is 2.64. The van der Waals surface area contributed by atoms with Crippen molar-refractivity contribution in [3.05, 3.63) is 59.7 Å². The molecule has 1 heterocycles. The van der Waals surface area contributed by atoms with Crippen molar-refractivity contribution in [2.24, 2.45) is 0 Å². The number of hydrogen-bond donors (Lipinski definition) is 1. The summed E-state index contributed by atoms with van der Waals surface area (Å²) in [6, 6.07) is 16.6. The first-order valence-electron chi connectivity index (χ1n) is 7.94. The zero-order valence-corrected chi connectivity index (χ0v) is 13.0. The van der Waals surface area contributed by atoms with Gasteiger partial charge in [0.2, 0.25) is 0 Å². The molecule has 0 aromatic heterocycles. The molecule has 1 atom stereocenters. The average Bonchev–Trinajstić information content (AvgIpc) is 3.07. The summed E-state index contributed by atoms with van der Waals surface area (Å²) in [5, 5.41) is 3.45. The third-order valence-electron chi connectivity index (χ3n) is 4.06. The number of rotatable bonds is 6. The monoisotopic (exact) mass is 297 g/mol. The van der Waals surface area contributed by atoms with Crippen molar-refractivity contribution in [1.29, 1.82) is 0 Å². The molecular weight excluding hydrogens is 274 g/mol.